The van der Waals surface area contributed by atoms with E-state index in [0.717, 1.165) is 23.9 Å². The van der Waals surface area contributed by atoms with Crippen molar-refractivity contribution in [3.05, 3.63) is 79.8 Å². The number of aromatic nitrogens is 3. The molecule has 32 heavy (non-hydrogen) atoms. The molecule has 2 aromatic heterocycles. The van der Waals surface area contributed by atoms with Crippen LogP contribution in [0.25, 0.3) is 0 Å². The average Bonchev–Trinajstić information content (AvgIpc) is 3.24. The van der Waals surface area contributed by atoms with Gasteiger partial charge in [-0.15, -0.1) is 13.2 Å². The van der Waals surface area contributed by atoms with Gasteiger partial charge in [0.05, 0.1) is 0 Å². The van der Waals surface area contributed by atoms with Crippen molar-refractivity contribution in [3.63, 3.8) is 0 Å². The molecule has 0 fully saturated rings. The Labute approximate surface area is 193 Å². The van der Waals surface area contributed by atoms with Gasteiger partial charge in [-0.25, -0.2) is 15.0 Å². The maximum absolute atomic E-state index is 4.70. The van der Waals surface area contributed by atoms with Crippen molar-refractivity contribution in [1.82, 2.24) is 15.0 Å². The highest BCUT2D eigenvalue weighted by molar-refractivity contribution is 5.84. The fraction of sp³-hybridized carbons (Fsp3) is 0.370. The number of fused-ring (bicyclic) bond motifs is 5. The number of rotatable bonds is 2. The van der Waals surface area contributed by atoms with E-state index in [-0.39, 0.29) is 6.17 Å². The van der Waals surface area contributed by atoms with Crippen LogP contribution in [0, 0.1) is 5.92 Å². The van der Waals surface area contributed by atoms with Crippen molar-refractivity contribution in [2.45, 2.75) is 60.0 Å². The molecule has 2 aliphatic rings. The summed E-state index contributed by atoms with van der Waals surface area (Å²) in [5.41, 5.74) is 2.64. The summed E-state index contributed by atoms with van der Waals surface area (Å²) in [5, 5.41) is 0. The minimum atomic E-state index is 0.127. The SMILES string of the molecule is C=C.CC.CC.CCC1c2ccccc2N2c3nccnc3N(c3ccccn3)C2C1C. The number of anilines is 4. The van der Waals surface area contributed by atoms with Crippen molar-refractivity contribution in [2.75, 3.05) is 9.80 Å². The lowest BCUT2D eigenvalue weighted by Crippen LogP contribution is -2.48. The molecule has 2 aliphatic heterocycles. The van der Waals surface area contributed by atoms with Crippen LogP contribution in [0.1, 0.15) is 59.4 Å². The standard InChI is InChI=1S/C21H21N5.2C2H6.C2H4/c1-3-15-14(2)21-25(17-9-5-4-8-16(15)17)19-20(24-13-12-23-19)26(21)18-10-6-7-11-22-18;3*1-2/h4-15,21H,3H2,1-2H3;2*1-2H3;1-2H2. The molecule has 170 valence electrons. The zero-order valence-electron chi connectivity index (χ0n) is 20.4. The Morgan fingerprint density at radius 2 is 1.38 bits per heavy atom. The summed E-state index contributed by atoms with van der Waals surface area (Å²) >= 11 is 0. The van der Waals surface area contributed by atoms with Crippen molar-refractivity contribution in [1.29, 1.82) is 0 Å². The smallest absolute Gasteiger partial charge is 0.179 e. The quantitative estimate of drug-likeness (QED) is 0.393. The lowest BCUT2D eigenvalue weighted by atomic mass is 9.78. The van der Waals surface area contributed by atoms with Crippen molar-refractivity contribution in [3.8, 4) is 0 Å². The van der Waals surface area contributed by atoms with Crippen molar-refractivity contribution in [2.24, 2.45) is 5.92 Å². The van der Waals surface area contributed by atoms with Crippen LogP contribution < -0.4 is 9.80 Å². The van der Waals surface area contributed by atoms with E-state index in [1.165, 1.54) is 11.3 Å². The van der Waals surface area contributed by atoms with Gasteiger partial charge in [-0.2, -0.15) is 0 Å². The van der Waals surface area contributed by atoms with Gasteiger partial charge in [0.2, 0.25) is 0 Å². The number of hydrogen-bond acceptors (Lipinski definition) is 5. The number of para-hydroxylation sites is 1. The fourth-order valence-corrected chi connectivity index (χ4v) is 4.60. The summed E-state index contributed by atoms with van der Waals surface area (Å²) in [6, 6.07) is 14.7. The second-order valence-corrected chi connectivity index (χ2v) is 6.98. The third-order valence-corrected chi connectivity index (χ3v) is 5.68. The van der Waals surface area contributed by atoms with E-state index in [9.17, 15) is 0 Å². The van der Waals surface area contributed by atoms with Crippen LogP contribution in [-0.4, -0.2) is 21.1 Å². The van der Waals surface area contributed by atoms with E-state index in [0.29, 0.717) is 11.8 Å². The van der Waals surface area contributed by atoms with Gasteiger partial charge in [0, 0.05) is 30.2 Å². The number of hydrogen-bond donors (Lipinski definition) is 0. The first-order chi connectivity index (χ1) is 15.8. The first-order valence-electron chi connectivity index (χ1n) is 11.7. The highest BCUT2D eigenvalue weighted by Gasteiger charge is 2.49. The molecular weight excluding hydrogens is 394 g/mol. The van der Waals surface area contributed by atoms with Gasteiger partial charge in [-0.3, -0.25) is 4.90 Å². The maximum atomic E-state index is 4.70. The topological polar surface area (TPSA) is 45.2 Å². The molecule has 0 bridgehead atoms. The van der Waals surface area contributed by atoms with E-state index in [1.54, 1.807) is 12.4 Å². The molecule has 0 radical (unpaired) electrons. The Bertz CT molecular complexity index is 959. The van der Waals surface area contributed by atoms with Crippen molar-refractivity contribution < 1.29 is 0 Å². The molecule has 4 heterocycles. The Balaban J connectivity index is 0.000000561. The zero-order chi connectivity index (χ0) is 23.7. The number of nitrogens with zero attached hydrogens (tertiary/aromatic N) is 5. The Hall–Kier alpha value is -3.21. The van der Waals surface area contributed by atoms with Crippen LogP contribution >= 0.6 is 0 Å². The third-order valence-electron chi connectivity index (χ3n) is 5.68. The Kier molecular flexibility index (Phi) is 9.39. The molecule has 0 saturated carbocycles. The number of pyridine rings is 1. The minimum Gasteiger partial charge on any atom is -0.301 e. The summed E-state index contributed by atoms with van der Waals surface area (Å²) in [5.74, 6) is 3.62. The molecule has 0 spiro atoms. The first-order valence-corrected chi connectivity index (χ1v) is 11.7. The molecular formula is C27H37N5. The molecule has 0 N–H and O–H groups in total. The summed E-state index contributed by atoms with van der Waals surface area (Å²) in [7, 11) is 0. The predicted molar refractivity (Wildman–Crippen MR) is 137 cm³/mol. The largest absolute Gasteiger partial charge is 0.301 e. The van der Waals surface area contributed by atoms with Crippen LogP contribution in [0.15, 0.2) is 74.2 Å². The highest BCUT2D eigenvalue weighted by Crippen LogP contribution is 2.54. The normalized spacial score (nSPS) is 19.5. The summed E-state index contributed by atoms with van der Waals surface area (Å²) in [6.45, 7) is 18.6. The van der Waals surface area contributed by atoms with E-state index in [2.05, 4.69) is 77.1 Å². The molecule has 0 saturated heterocycles. The zero-order valence-corrected chi connectivity index (χ0v) is 20.4. The molecule has 5 heteroatoms. The molecule has 3 unspecified atom stereocenters. The molecule has 3 atom stereocenters. The van der Waals surface area contributed by atoms with Gasteiger partial charge in [0.15, 0.2) is 11.6 Å². The third kappa shape index (κ3) is 4.24. The minimum absolute atomic E-state index is 0.127. The second-order valence-electron chi connectivity index (χ2n) is 6.98. The molecule has 3 aromatic rings. The molecule has 0 aliphatic carbocycles. The highest BCUT2D eigenvalue weighted by atomic mass is 15.5. The van der Waals surface area contributed by atoms with Gasteiger partial charge in [-0.05, 0) is 36.1 Å². The van der Waals surface area contributed by atoms with Gasteiger partial charge in [-0.1, -0.05) is 65.8 Å². The predicted octanol–water partition coefficient (Wildman–Crippen LogP) is 7.49. The molecule has 0 amide bonds. The molecule has 1 aromatic carbocycles. The van der Waals surface area contributed by atoms with E-state index < -0.39 is 0 Å². The van der Waals surface area contributed by atoms with Gasteiger partial charge in [0.1, 0.15) is 12.0 Å². The lowest BCUT2D eigenvalue weighted by molar-refractivity contribution is 0.359. The van der Waals surface area contributed by atoms with Crippen LogP contribution in [0.5, 0.6) is 0 Å². The fourth-order valence-electron chi connectivity index (χ4n) is 4.60. The maximum Gasteiger partial charge on any atom is 0.179 e. The Morgan fingerprint density at radius 1 is 0.781 bits per heavy atom. The summed E-state index contributed by atoms with van der Waals surface area (Å²) in [6.07, 6.45) is 6.61. The molecule has 5 rings (SSSR count). The van der Waals surface area contributed by atoms with Gasteiger partial charge in [0.25, 0.3) is 0 Å². The van der Waals surface area contributed by atoms with Crippen LogP contribution in [0.2, 0.25) is 0 Å². The summed E-state index contributed by atoms with van der Waals surface area (Å²) < 4.78 is 0. The van der Waals surface area contributed by atoms with Crippen LogP contribution in [0.4, 0.5) is 23.1 Å². The molecule has 5 nitrogen and oxygen atoms in total. The van der Waals surface area contributed by atoms with Gasteiger partial charge >= 0.3 is 0 Å². The second kappa shape index (κ2) is 12.0. The summed E-state index contributed by atoms with van der Waals surface area (Å²) in [4.78, 5) is 18.6. The number of benzene rings is 1. The van der Waals surface area contributed by atoms with E-state index >= 15 is 0 Å². The van der Waals surface area contributed by atoms with Crippen LogP contribution in [-0.2, 0) is 0 Å². The van der Waals surface area contributed by atoms with Crippen molar-refractivity contribution >= 4 is 23.1 Å². The van der Waals surface area contributed by atoms with E-state index in [4.69, 9.17) is 4.98 Å². The van der Waals surface area contributed by atoms with Gasteiger partial charge < -0.3 is 4.90 Å². The lowest BCUT2D eigenvalue weighted by Gasteiger charge is -2.44. The first kappa shape index (κ1) is 25.1. The van der Waals surface area contributed by atoms with Crippen LogP contribution in [0.3, 0.4) is 0 Å². The van der Waals surface area contributed by atoms with E-state index in [1.807, 2.05) is 46.0 Å². The Morgan fingerprint density at radius 3 is 1.97 bits per heavy atom. The average molecular weight is 432 g/mol. The monoisotopic (exact) mass is 431 g/mol.